The van der Waals surface area contributed by atoms with E-state index in [1.807, 2.05) is 0 Å². The molecular weight excluding hydrogens is 446 g/mol. The molecular formula is C16H13ClN2Na2O5S2. The van der Waals surface area contributed by atoms with E-state index < -0.39 is 11.0 Å². The van der Waals surface area contributed by atoms with Gasteiger partial charge >= 0.3 is 59.1 Å². The Balaban J connectivity index is 0.00000196. The van der Waals surface area contributed by atoms with E-state index in [-0.39, 0.29) is 92.8 Å². The number of hydrogen-bond donors (Lipinski definition) is 4. The van der Waals surface area contributed by atoms with Crippen LogP contribution in [0.1, 0.15) is 0 Å². The molecule has 0 spiro atoms. The topological polar surface area (TPSA) is 109 Å². The number of phenolic OH excluding ortho intramolecular Hbond substituents is 2. The van der Waals surface area contributed by atoms with Crippen molar-refractivity contribution >= 4 is 116 Å². The van der Waals surface area contributed by atoms with Crippen LogP contribution in [-0.4, -0.2) is 77.7 Å². The molecule has 0 bridgehead atoms. The monoisotopic (exact) mass is 458 g/mol. The van der Waals surface area contributed by atoms with Crippen LogP contribution >= 0.6 is 24.2 Å². The van der Waals surface area contributed by atoms with Gasteiger partial charge in [0, 0.05) is 15.7 Å². The van der Waals surface area contributed by atoms with Gasteiger partial charge in [-0.25, -0.2) is 0 Å². The minimum atomic E-state index is -3.08. The van der Waals surface area contributed by atoms with E-state index in [4.69, 9.17) is 15.8 Å². The van der Waals surface area contributed by atoms with Crippen molar-refractivity contribution in [2.24, 2.45) is 10.2 Å². The maximum absolute atomic E-state index is 10.8. The van der Waals surface area contributed by atoms with Gasteiger partial charge in [0.25, 0.3) is 11.0 Å². The van der Waals surface area contributed by atoms with Crippen LogP contribution in [0.4, 0.5) is 11.4 Å². The second-order valence-corrected chi connectivity index (χ2v) is 6.61. The summed E-state index contributed by atoms with van der Waals surface area (Å²) in [6.45, 7) is 0. The molecule has 3 rings (SSSR count). The fourth-order valence-corrected chi connectivity index (χ4v) is 2.93. The summed E-state index contributed by atoms with van der Waals surface area (Å²) in [5.74, 6) is -0.293. The van der Waals surface area contributed by atoms with Crippen LogP contribution in [0.2, 0.25) is 5.02 Å². The molecule has 0 aliphatic carbocycles. The van der Waals surface area contributed by atoms with Gasteiger partial charge in [0.2, 0.25) is 0 Å². The van der Waals surface area contributed by atoms with Gasteiger partial charge in [0.05, 0.1) is 5.02 Å². The van der Waals surface area contributed by atoms with Gasteiger partial charge < -0.3 is 14.4 Å². The summed E-state index contributed by atoms with van der Waals surface area (Å²) in [5.41, 5.74) is 0.222. The van der Waals surface area contributed by atoms with Crippen LogP contribution in [0.3, 0.4) is 0 Å². The molecule has 7 nitrogen and oxygen atoms in total. The molecule has 0 aliphatic heterocycles. The molecule has 12 heteroatoms. The Hall–Kier alpha value is -0.490. The summed E-state index contributed by atoms with van der Waals surface area (Å²) in [6.07, 6.45) is 0. The molecule has 0 heterocycles. The van der Waals surface area contributed by atoms with Gasteiger partial charge in [0.1, 0.15) is 22.9 Å². The Labute approximate surface area is 216 Å². The van der Waals surface area contributed by atoms with Crippen molar-refractivity contribution < 1.29 is 22.8 Å². The Kier molecular flexibility index (Phi) is 10.1. The van der Waals surface area contributed by atoms with Crippen molar-refractivity contribution in [3.63, 3.8) is 0 Å². The number of rotatable bonds is 4. The minimum absolute atomic E-state index is 0. The molecule has 0 amide bonds. The standard InChI is InChI=1S/C16H11ClN2O5S2.2Na.2H/c17-10-6-12(13(20)7-15(10)25)19-18-11-5-4-8-9(16(11)21)2-1-3-14(8)24-26(22)23;;;;/h1-7,20-21,25-26H;;;;. The van der Waals surface area contributed by atoms with E-state index in [9.17, 15) is 18.6 Å². The molecule has 0 saturated heterocycles. The number of benzene rings is 3. The first kappa shape index (κ1) is 25.5. The summed E-state index contributed by atoms with van der Waals surface area (Å²) in [7, 11) is -3.08. The summed E-state index contributed by atoms with van der Waals surface area (Å²) in [5, 5.41) is 29.1. The first-order chi connectivity index (χ1) is 12.4. The Morgan fingerprint density at radius 3 is 2.32 bits per heavy atom. The SMILES string of the molecule is O=[SH](=O)Oc1cccc2c(O)c(N=Nc3cc(Cl)c(S)cc3O)ccc12.[NaH].[NaH]. The molecule has 0 saturated carbocycles. The van der Waals surface area contributed by atoms with Gasteiger partial charge in [-0.15, -0.1) is 22.9 Å². The average Bonchev–Trinajstić information content (AvgIpc) is 2.58. The van der Waals surface area contributed by atoms with Crippen LogP contribution in [0.5, 0.6) is 17.2 Å². The average molecular weight is 459 g/mol. The van der Waals surface area contributed by atoms with E-state index in [1.165, 1.54) is 30.3 Å². The van der Waals surface area contributed by atoms with Crippen LogP contribution in [0, 0.1) is 0 Å². The van der Waals surface area contributed by atoms with Crippen LogP contribution in [0.25, 0.3) is 10.8 Å². The number of aromatic hydroxyl groups is 2. The van der Waals surface area contributed by atoms with Crippen molar-refractivity contribution in [3.05, 3.63) is 47.5 Å². The number of azo groups is 1. The van der Waals surface area contributed by atoms with Gasteiger partial charge in [-0.05, 0) is 30.3 Å². The van der Waals surface area contributed by atoms with E-state index in [1.54, 1.807) is 12.1 Å². The summed E-state index contributed by atoms with van der Waals surface area (Å²) in [6, 6.07) is 10.3. The number of halogens is 1. The maximum atomic E-state index is 10.8. The van der Waals surface area contributed by atoms with Gasteiger partial charge in [0.15, 0.2) is 5.75 Å². The van der Waals surface area contributed by atoms with Gasteiger partial charge in [-0.1, -0.05) is 23.7 Å². The Morgan fingerprint density at radius 1 is 0.964 bits per heavy atom. The fourth-order valence-electron chi connectivity index (χ4n) is 2.27. The van der Waals surface area contributed by atoms with Gasteiger partial charge in [-0.3, -0.25) is 0 Å². The Bertz CT molecular complexity index is 1120. The third-order valence-corrected chi connectivity index (χ3v) is 4.61. The van der Waals surface area contributed by atoms with Crippen LogP contribution in [-0.2, 0) is 11.0 Å². The number of phenols is 2. The van der Waals surface area contributed by atoms with Crippen LogP contribution < -0.4 is 4.18 Å². The first-order valence-electron chi connectivity index (χ1n) is 7.07. The third-order valence-electron chi connectivity index (χ3n) is 3.45. The van der Waals surface area contributed by atoms with Crippen LogP contribution in [0.15, 0.2) is 57.6 Å². The second-order valence-electron chi connectivity index (χ2n) is 5.09. The second kappa shape index (κ2) is 11.1. The Morgan fingerprint density at radius 2 is 1.64 bits per heavy atom. The summed E-state index contributed by atoms with van der Waals surface area (Å²) < 4.78 is 26.3. The molecule has 2 N–H and O–H groups in total. The third kappa shape index (κ3) is 5.78. The molecule has 0 fully saturated rings. The molecule has 0 aromatic heterocycles. The zero-order valence-corrected chi connectivity index (χ0v) is 15.4. The zero-order chi connectivity index (χ0) is 18.8. The molecule has 138 valence electrons. The van der Waals surface area contributed by atoms with E-state index in [0.29, 0.717) is 15.7 Å². The van der Waals surface area contributed by atoms with Crippen molar-refractivity contribution in [2.75, 3.05) is 0 Å². The fraction of sp³-hybridized carbons (Fsp3) is 0. The predicted molar refractivity (Wildman–Crippen MR) is 115 cm³/mol. The predicted octanol–water partition coefficient (Wildman–Crippen LogP) is 3.22. The van der Waals surface area contributed by atoms with Crippen molar-refractivity contribution in [1.82, 2.24) is 0 Å². The molecule has 0 aliphatic rings. The van der Waals surface area contributed by atoms with Crippen molar-refractivity contribution in [2.45, 2.75) is 4.90 Å². The van der Waals surface area contributed by atoms with E-state index >= 15 is 0 Å². The molecule has 3 aromatic carbocycles. The molecule has 0 radical (unpaired) electrons. The van der Waals surface area contributed by atoms with Gasteiger partial charge in [-0.2, -0.15) is 8.42 Å². The number of fused-ring (bicyclic) bond motifs is 1. The normalized spacial score (nSPS) is 10.7. The van der Waals surface area contributed by atoms with E-state index in [0.717, 1.165) is 0 Å². The quantitative estimate of drug-likeness (QED) is 0.273. The number of thiol groups is 2. The number of nitrogens with zero attached hydrogens (tertiary/aromatic N) is 2. The molecule has 0 unspecified atom stereocenters. The first-order valence-corrected chi connectivity index (χ1v) is 8.99. The number of hydrogen-bond acceptors (Lipinski definition) is 8. The summed E-state index contributed by atoms with van der Waals surface area (Å²) in [4.78, 5) is 0.390. The summed E-state index contributed by atoms with van der Waals surface area (Å²) >= 11 is 10.0. The van der Waals surface area contributed by atoms with E-state index in [2.05, 4.69) is 22.9 Å². The van der Waals surface area contributed by atoms with Crippen molar-refractivity contribution in [3.8, 4) is 17.2 Å². The molecule has 28 heavy (non-hydrogen) atoms. The molecule has 0 atom stereocenters. The zero-order valence-electron chi connectivity index (χ0n) is 12.8. The molecule has 3 aromatic rings. The van der Waals surface area contributed by atoms with Crippen molar-refractivity contribution in [1.29, 1.82) is 0 Å².